The summed E-state index contributed by atoms with van der Waals surface area (Å²) in [6.45, 7) is 6.00. The second-order valence-electron chi connectivity index (χ2n) is 2.31. The van der Waals surface area contributed by atoms with Gasteiger partial charge in [-0.2, -0.15) is 4.39 Å². The van der Waals surface area contributed by atoms with Crippen molar-refractivity contribution < 1.29 is 4.39 Å². The fraction of sp³-hybridized carbons (Fsp3) is 0.444. The van der Waals surface area contributed by atoms with Crippen LogP contribution in [-0.4, -0.2) is 4.98 Å². The second kappa shape index (κ2) is 5.83. The second-order valence-corrected chi connectivity index (χ2v) is 2.31. The quantitative estimate of drug-likeness (QED) is 0.525. The molecule has 0 aliphatic carbocycles. The van der Waals surface area contributed by atoms with Crippen molar-refractivity contribution in [1.29, 1.82) is 0 Å². The molecular weight excluding hydrogens is 141 g/mol. The first-order valence-corrected chi connectivity index (χ1v) is 3.79. The summed E-state index contributed by atoms with van der Waals surface area (Å²) in [5, 5.41) is 0. The lowest BCUT2D eigenvalue weighted by Crippen LogP contribution is -1.82. The smallest absolute Gasteiger partial charge is 0.213 e. The van der Waals surface area contributed by atoms with Gasteiger partial charge in [-0.05, 0) is 19.1 Å². The molecule has 0 fully saturated rings. The van der Waals surface area contributed by atoms with Crippen LogP contribution in [0.3, 0.4) is 0 Å². The molecule has 0 saturated heterocycles. The van der Waals surface area contributed by atoms with Crippen LogP contribution in [0, 0.1) is 12.9 Å². The van der Waals surface area contributed by atoms with Gasteiger partial charge in [0.2, 0.25) is 5.95 Å². The average molecular weight is 155 g/mol. The van der Waals surface area contributed by atoms with E-state index in [-0.39, 0.29) is 0 Å². The number of pyridine rings is 1. The van der Waals surface area contributed by atoms with E-state index in [9.17, 15) is 4.39 Å². The summed E-state index contributed by atoms with van der Waals surface area (Å²) in [6, 6.07) is 4.72. The maximum Gasteiger partial charge on any atom is 0.213 e. The molecule has 0 aromatic carbocycles. The number of nitrogens with zero attached hydrogens (tertiary/aromatic N) is 1. The summed E-state index contributed by atoms with van der Waals surface area (Å²) < 4.78 is 12.1. The largest absolute Gasteiger partial charge is 0.225 e. The van der Waals surface area contributed by atoms with E-state index in [4.69, 9.17) is 0 Å². The number of hydrogen-bond acceptors (Lipinski definition) is 1. The van der Waals surface area contributed by atoms with Crippen LogP contribution >= 0.6 is 0 Å². The molecule has 1 aromatic heterocycles. The third-order valence-electron chi connectivity index (χ3n) is 0.854. The highest BCUT2D eigenvalue weighted by atomic mass is 19.1. The van der Waals surface area contributed by atoms with Crippen molar-refractivity contribution in [2.45, 2.75) is 27.2 Å². The highest BCUT2D eigenvalue weighted by Gasteiger charge is 1.86. The van der Waals surface area contributed by atoms with Gasteiger partial charge in [-0.15, -0.1) is 0 Å². The Morgan fingerprint density at radius 3 is 2.18 bits per heavy atom. The highest BCUT2D eigenvalue weighted by molar-refractivity contribution is 5.01. The van der Waals surface area contributed by atoms with Crippen molar-refractivity contribution in [2.75, 3.05) is 0 Å². The van der Waals surface area contributed by atoms with Gasteiger partial charge in [-0.1, -0.05) is 26.3 Å². The SMILES string of the molecule is CCC.Cc1cccc(F)n1. The van der Waals surface area contributed by atoms with E-state index in [1.807, 2.05) is 0 Å². The van der Waals surface area contributed by atoms with Crippen molar-refractivity contribution in [3.8, 4) is 0 Å². The fourth-order valence-corrected chi connectivity index (χ4v) is 0.510. The molecule has 0 atom stereocenters. The third-order valence-corrected chi connectivity index (χ3v) is 0.854. The molecule has 1 rings (SSSR count). The van der Waals surface area contributed by atoms with E-state index in [1.165, 1.54) is 12.5 Å². The Balaban J connectivity index is 0.000000292. The van der Waals surface area contributed by atoms with Gasteiger partial charge >= 0.3 is 0 Å². The molecule has 0 N–H and O–H groups in total. The Bertz CT molecular complexity index is 181. The zero-order chi connectivity index (χ0) is 8.69. The number of rotatable bonds is 0. The molecular formula is C9H14FN. The van der Waals surface area contributed by atoms with E-state index in [2.05, 4.69) is 18.8 Å². The van der Waals surface area contributed by atoms with Gasteiger partial charge in [-0.3, -0.25) is 0 Å². The van der Waals surface area contributed by atoms with Gasteiger partial charge < -0.3 is 0 Å². The molecule has 1 nitrogen and oxygen atoms in total. The van der Waals surface area contributed by atoms with E-state index in [0.29, 0.717) is 5.69 Å². The number of aryl methyl sites for hydroxylation is 1. The van der Waals surface area contributed by atoms with Crippen LogP contribution in [0.2, 0.25) is 0 Å². The first-order chi connectivity index (χ1) is 5.20. The van der Waals surface area contributed by atoms with Crippen LogP contribution in [0.4, 0.5) is 4.39 Å². The minimum atomic E-state index is -0.412. The lowest BCUT2D eigenvalue weighted by atomic mass is 10.4. The number of halogens is 1. The van der Waals surface area contributed by atoms with E-state index in [1.54, 1.807) is 19.1 Å². The topological polar surface area (TPSA) is 12.9 Å². The van der Waals surface area contributed by atoms with Gasteiger partial charge in [0, 0.05) is 5.69 Å². The van der Waals surface area contributed by atoms with Crippen LogP contribution in [0.25, 0.3) is 0 Å². The lowest BCUT2D eigenvalue weighted by Gasteiger charge is -1.86. The molecule has 2 heteroatoms. The van der Waals surface area contributed by atoms with Gasteiger partial charge in [0.05, 0.1) is 0 Å². The van der Waals surface area contributed by atoms with Gasteiger partial charge in [-0.25, -0.2) is 4.98 Å². The van der Waals surface area contributed by atoms with Crippen LogP contribution in [-0.2, 0) is 0 Å². The van der Waals surface area contributed by atoms with Gasteiger partial charge in [0.15, 0.2) is 0 Å². The average Bonchev–Trinajstić information content (AvgIpc) is 1.88. The zero-order valence-electron chi connectivity index (χ0n) is 7.26. The number of aromatic nitrogens is 1. The van der Waals surface area contributed by atoms with E-state index < -0.39 is 5.95 Å². The summed E-state index contributed by atoms with van der Waals surface area (Å²) in [6.07, 6.45) is 1.25. The van der Waals surface area contributed by atoms with E-state index >= 15 is 0 Å². The Kier molecular flexibility index (Phi) is 5.35. The van der Waals surface area contributed by atoms with Crippen LogP contribution in [0.15, 0.2) is 18.2 Å². The molecule has 0 aliphatic rings. The van der Waals surface area contributed by atoms with Crippen molar-refractivity contribution in [1.82, 2.24) is 4.98 Å². The zero-order valence-corrected chi connectivity index (χ0v) is 7.26. The summed E-state index contributed by atoms with van der Waals surface area (Å²) >= 11 is 0. The molecule has 0 spiro atoms. The Labute approximate surface area is 67.3 Å². The number of hydrogen-bond donors (Lipinski definition) is 0. The Hall–Kier alpha value is -0.920. The molecule has 0 unspecified atom stereocenters. The molecule has 11 heavy (non-hydrogen) atoms. The van der Waals surface area contributed by atoms with Crippen LogP contribution in [0.1, 0.15) is 26.0 Å². The molecule has 1 heterocycles. The first-order valence-electron chi connectivity index (χ1n) is 3.79. The molecule has 1 aromatic rings. The molecule has 62 valence electrons. The van der Waals surface area contributed by atoms with Gasteiger partial charge in [0.25, 0.3) is 0 Å². The normalized spacial score (nSPS) is 8.36. The molecule has 0 bridgehead atoms. The maximum absolute atomic E-state index is 12.1. The van der Waals surface area contributed by atoms with Crippen molar-refractivity contribution >= 4 is 0 Å². The third kappa shape index (κ3) is 5.52. The molecule has 0 amide bonds. The maximum atomic E-state index is 12.1. The highest BCUT2D eigenvalue weighted by Crippen LogP contribution is 1.93. The summed E-state index contributed by atoms with van der Waals surface area (Å²) in [4.78, 5) is 3.51. The van der Waals surface area contributed by atoms with Crippen LogP contribution < -0.4 is 0 Å². The fourth-order valence-electron chi connectivity index (χ4n) is 0.510. The van der Waals surface area contributed by atoms with Gasteiger partial charge in [0.1, 0.15) is 0 Å². The predicted molar refractivity (Wildman–Crippen MR) is 44.9 cm³/mol. The van der Waals surface area contributed by atoms with Crippen LogP contribution in [0.5, 0.6) is 0 Å². The molecule has 0 radical (unpaired) electrons. The summed E-state index contributed by atoms with van der Waals surface area (Å²) in [7, 11) is 0. The van der Waals surface area contributed by atoms with Crippen molar-refractivity contribution in [2.24, 2.45) is 0 Å². The molecule has 0 saturated carbocycles. The Morgan fingerprint density at radius 1 is 1.36 bits per heavy atom. The monoisotopic (exact) mass is 155 g/mol. The Morgan fingerprint density at radius 2 is 1.91 bits per heavy atom. The molecule has 0 aliphatic heterocycles. The standard InChI is InChI=1S/C6H6FN.C3H8/c1-5-3-2-4-6(7)8-5;1-3-2/h2-4H,1H3;3H2,1-2H3. The minimum Gasteiger partial charge on any atom is -0.225 e. The van der Waals surface area contributed by atoms with E-state index in [0.717, 1.165) is 0 Å². The first kappa shape index (κ1) is 10.1. The minimum absolute atomic E-state index is 0.412. The van der Waals surface area contributed by atoms with Crippen molar-refractivity contribution in [3.05, 3.63) is 29.8 Å². The lowest BCUT2D eigenvalue weighted by molar-refractivity contribution is 0.580. The predicted octanol–water partition coefficient (Wildman–Crippen LogP) is 2.95. The summed E-state index contributed by atoms with van der Waals surface area (Å²) in [5.41, 5.74) is 0.713. The summed E-state index contributed by atoms with van der Waals surface area (Å²) in [5.74, 6) is -0.412. The van der Waals surface area contributed by atoms with Crippen molar-refractivity contribution in [3.63, 3.8) is 0 Å².